The van der Waals surface area contributed by atoms with Crippen LogP contribution < -0.4 is 10.6 Å². The third-order valence-electron chi connectivity index (χ3n) is 7.38. The number of nitrogens with one attached hydrogen (secondary N) is 3. The number of hydrogen-bond donors (Lipinski definition) is 5. The van der Waals surface area contributed by atoms with E-state index in [2.05, 4.69) is 28.8 Å². The van der Waals surface area contributed by atoms with Crippen molar-refractivity contribution in [1.29, 1.82) is 0 Å². The fraction of sp³-hybridized carbons (Fsp3) is 0.219. The molecular weight excluding hydrogens is 536 g/mol. The Kier molecular flexibility index (Phi) is 8.56. The maximum Gasteiger partial charge on any atom is 0.303 e. The quantitative estimate of drug-likeness (QED) is 0.264. The minimum Gasteiger partial charge on any atom is -0.481 e. The fourth-order valence-electron chi connectivity index (χ4n) is 5.03. The van der Waals surface area contributed by atoms with Gasteiger partial charge in [0.2, 0.25) is 0 Å². The van der Waals surface area contributed by atoms with Crippen molar-refractivity contribution in [2.45, 2.75) is 46.5 Å². The van der Waals surface area contributed by atoms with Gasteiger partial charge in [-0.15, -0.1) is 0 Å². The Morgan fingerprint density at radius 3 is 2.10 bits per heavy atom. The molecule has 0 atom stereocenters. The molecule has 4 heterocycles. The lowest BCUT2D eigenvalue weighted by molar-refractivity contribution is -0.138. The van der Waals surface area contributed by atoms with Crippen molar-refractivity contribution in [3.63, 3.8) is 0 Å². The Morgan fingerprint density at radius 1 is 0.833 bits per heavy atom. The molecule has 10 nitrogen and oxygen atoms in total. The standard InChI is InChI=1S/C32H32N4O6/c1-6-21-16(3)24(34-26(21)15-27-22(7-2)17(4)31(41)35-27)13-20-12-19(8-10-29(37)38)25(33-20)14-28-23(9-11-30(39)40)18(5)32(42)36-28/h6-7,12-15,33H,1-2,8-11H2,3-5H3,(H,35,41)(H,36,42)(H,37,38)(H,39,40)/b24-13?,27-15-,28-14-. The third kappa shape index (κ3) is 6.07. The molecule has 0 saturated heterocycles. The summed E-state index contributed by atoms with van der Waals surface area (Å²) < 4.78 is 0. The van der Waals surface area contributed by atoms with Gasteiger partial charge in [0.05, 0.1) is 17.1 Å². The summed E-state index contributed by atoms with van der Waals surface area (Å²) >= 11 is 0. The summed E-state index contributed by atoms with van der Waals surface area (Å²) in [6, 6.07) is 1.83. The molecule has 42 heavy (non-hydrogen) atoms. The number of hydrogen-bond acceptors (Lipinski definition) is 5. The van der Waals surface area contributed by atoms with Crippen LogP contribution in [-0.2, 0) is 25.6 Å². The van der Waals surface area contributed by atoms with E-state index in [0.717, 1.165) is 11.1 Å². The van der Waals surface area contributed by atoms with Gasteiger partial charge in [0.15, 0.2) is 0 Å². The second-order valence-electron chi connectivity index (χ2n) is 10.1. The van der Waals surface area contributed by atoms with Gasteiger partial charge in [-0.25, -0.2) is 4.99 Å². The Balaban J connectivity index is 1.74. The molecule has 1 aromatic rings. The second kappa shape index (κ2) is 12.1. The molecule has 0 fully saturated rings. The zero-order valence-electron chi connectivity index (χ0n) is 23.7. The largest absolute Gasteiger partial charge is 0.481 e. The average Bonchev–Trinajstić information content (AvgIpc) is 3.61. The van der Waals surface area contributed by atoms with E-state index in [-0.39, 0.29) is 37.5 Å². The molecule has 0 spiro atoms. The van der Waals surface area contributed by atoms with Gasteiger partial charge in [0, 0.05) is 52.2 Å². The fourth-order valence-corrected chi connectivity index (χ4v) is 5.03. The van der Waals surface area contributed by atoms with Crippen LogP contribution >= 0.6 is 0 Å². The highest BCUT2D eigenvalue weighted by Crippen LogP contribution is 2.32. The van der Waals surface area contributed by atoms with E-state index < -0.39 is 11.9 Å². The maximum absolute atomic E-state index is 12.4. The number of rotatable bonds is 11. The number of aromatic amines is 1. The van der Waals surface area contributed by atoms with Gasteiger partial charge in [-0.2, -0.15) is 0 Å². The monoisotopic (exact) mass is 568 g/mol. The smallest absolute Gasteiger partial charge is 0.303 e. The van der Waals surface area contributed by atoms with Gasteiger partial charge in [-0.1, -0.05) is 25.3 Å². The Hall–Kier alpha value is -5.25. The summed E-state index contributed by atoms with van der Waals surface area (Å²) in [5.74, 6) is -2.41. The molecule has 0 bridgehead atoms. The van der Waals surface area contributed by atoms with Crippen LogP contribution in [0.2, 0.25) is 0 Å². The van der Waals surface area contributed by atoms with E-state index in [1.165, 1.54) is 0 Å². The number of H-pyrrole nitrogens is 1. The van der Waals surface area contributed by atoms with Crippen molar-refractivity contribution < 1.29 is 29.4 Å². The molecule has 0 unspecified atom stereocenters. The van der Waals surface area contributed by atoms with E-state index >= 15 is 0 Å². The van der Waals surface area contributed by atoms with E-state index in [4.69, 9.17) is 10.1 Å². The SMILES string of the molecule is C=CC1=C(C)C(=Cc2cc(CCC(=O)O)c(/C=C3\NC(=O)C(C)=C3CCC(=O)O)[nH]2)N=C1/C=C1\NC(=O)C(C)=C1C=C. The highest BCUT2D eigenvalue weighted by Gasteiger charge is 2.26. The first-order valence-electron chi connectivity index (χ1n) is 13.3. The van der Waals surface area contributed by atoms with Crippen LogP contribution in [0.1, 0.15) is 57.0 Å². The number of carbonyl (C=O) groups is 4. The van der Waals surface area contributed by atoms with Crippen LogP contribution in [0.15, 0.2) is 93.0 Å². The minimum absolute atomic E-state index is 0.100. The predicted octanol–water partition coefficient (Wildman–Crippen LogP) is 4.50. The van der Waals surface area contributed by atoms with Gasteiger partial charge in [-0.3, -0.25) is 19.2 Å². The molecule has 3 aliphatic rings. The van der Waals surface area contributed by atoms with Crippen molar-refractivity contribution in [3.8, 4) is 0 Å². The lowest BCUT2D eigenvalue weighted by Gasteiger charge is -2.06. The molecule has 0 radical (unpaired) electrons. The minimum atomic E-state index is -0.971. The number of carboxylic acid groups (broad SMARTS) is 2. The second-order valence-corrected chi connectivity index (χ2v) is 10.1. The zero-order chi connectivity index (χ0) is 30.7. The van der Waals surface area contributed by atoms with Gasteiger partial charge in [0.25, 0.3) is 11.8 Å². The predicted molar refractivity (Wildman–Crippen MR) is 160 cm³/mol. The molecule has 0 aromatic carbocycles. The highest BCUT2D eigenvalue weighted by atomic mass is 16.4. The zero-order valence-corrected chi connectivity index (χ0v) is 23.7. The summed E-state index contributed by atoms with van der Waals surface area (Å²) in [7, 11) is 0. The van der Waals surface area contributed by atoms with Crippen LogP contribution in [0.4, 0.5) is 0 Å². The lowest BCUT2D eigenvalue weighted by Crippen LogP contribution is -2.16. The first kappa shape index (κ1) is 29.7. The van der Waals surface area contributed by atoms with E-state index in [1.807, 2.05) is 19.1 Å². The number of allylic oxidation sites excluding steroid dienone is 6. The number of aliphatic carboxylic acids is 2. The lowest BCUT2D eigenvalue weighted by atomic mass is 10.0. The number of carboxylic acids is 2. The van der Waals surface area contributed by atoms with Crippen LogP contribution in [0.3, 0.4) is 0 Å². The number of nitrogens with zero attached hydrogens (tertiary/aromatic N) is 1. The molecule has 4 rings (SSSR count). The van der Waals surface area contributed by atoms with Crippen molar-refractivity contribution in [2.24, 2.45) is 4.99 Å². The van der Waals surface area contributed by atoms with Gasteiger partial charge in [0.1, 0.15) is 0 Å². The Morgan fingerprint density at radius 2 is 1.45 bits per heavy atom. The topological polar surface area (TPSA) is 161 Å². The van der Waals surface area contributed by atoms with Crippen LogP contribution in [-0.4, -0.2) is 44.7 Å². The summed E-state index contributed by atoms with van der Waals surface area (Å²) in [6.45, 7) is 13.0. The number of aryl methyl sites for hydroxylation is 1. The van der Waals surface area contributed by atoms with Gasteiger partial charge < -0.3 is 25.8 Å². The van der Waals surface area contributed by atoms with Crippen molar-refractivity contribution in [3.05, 3.63) is 105 Å². The van der Waals surface area contributed by atoms with E-state index in [0.29, 0.717) is 62.0 Å². The van der Waals surface area contributed by atoms with Crippen LogP contribution in [0.25, 0.3) is 12.2 Å². The summed E-state index contributed by atoms with van der Waals surface area (Å²) in [5.41, 5.74) is 8.32. The van der Waals surface area contributed by atoms with Gasteiger partial charge >= 0.3 is 11.9 Å². The highest BCUT2D eigenvalue weighted by molar-refractivity contribution is 6.16. The average molecular weight is 569 g/mol. The molecule has 5 N–H and O–H groups in total. The summed E-state index contributed by atoms with van der Waals surface area (Å²) in [6.07, 6.45) is 8.84. The number of aliphatic imine (C=N–C) groups is 1. The van der Waals surface area contributed by atoms with Crippen LogP contribution in [0.5, 0.6) is 0 Å². The van der Waals surface area contributed by atoms with E-state index in [1.54, 1.807) is 38.2 Å². The van der Waals surface area contributed by atoms with E-state index in [9.17, 15) is 24.3 Å². The maximum atomic E-state index is 12.4. The summed E-state index contributed by atoms with van der Waals surface area (Å²) in [4.78, 5) is 55.2. The molecule has 3 aliphatic heterocycles. The molecule has 1 aromatic heterocycles. The van der Waals surface area contributed by atoms with Crippen LogP contribution in [0, 0.1) is 0 Å². The van der Waals surface area contributed by atoms with Crippen molar-refractivity contribution >= 4 is 41.6 Å². The van der Waals surface area contributed by atoms with Gasteiger partial charge in [-0.05, 0) is 74.6 Å². The normalized spacial score (nSPS) is 19.8. The molecule has 0 saturated carbocycles. The first-order valence-corrected chi connectivity index (χ1v) is 13.3. The number of amides is 2. The molecule has 0 aliphatic carbocycles. The van der Waals surface area contributed by atoms with Crippen molar-refractivity contribution in [2.75, 3.05) is 0 Å². The first-order chi connectivity index (χ1) is 19.9. The summed E-state index contributed by atoms with van der Waals surface area (Å²) in [5, 5.41) is 24.1. The molecule has 216 valence electrons. The number of carbonyl (C=O) groups excluding carboxylic acids is 2. The molecule has 2 amide bonds. The molecular formula is C32H32N4O6. The molecule has 10 heteroatoms. The Bertz CT molecular complexity index is 1670. The number of aromatic nitrogens is 1. The van der Waals surface area contributed by atoms with Crippen molar-refractivity contribution in [1.82, 2.24) is 15.6 Å². The third-order valence-corrected chi connectivity index (χ3v) is 7.38. The Labute approximate surface area is 243 Å².